The van der Waals surface area contributed by atoms with Crippen molar-refractivity contribution >= 4 is 32.7 Å². The van der Waals surface area contributed by atoms with Gasteiger partial charge in [0.15, 0.2) is 0 Å². The van der Waals surface area contributed by atoms with Crippen LogP contribution in [0.5, 0.6) is 5.75 Å². The Kier molecular flexibility index (Phi) is 4.10. The van der Waals surface area contributed by atoms with E-state index in [-0.39, 0.29) is 0 Å². The van der Waals surface area contributed by atoms with Crippen LogP contribution in [0.4, 0.5) is 0 Å². The molecule has 100 valence electrons. The van der Waals surface area contributed by atoms with Crippen molar-refractivity contribution in [2.24, 2.45) is 5.92 Å². The molecule has 0 amide bonds. The molecule has 0 aliphatic carbocycles. The maximum absolute atomic E-state index is 11.0. The summed E-state index contributed by atoms with van der Waals surface area (Å²) in [5, 5.41) is 11.2. The molecule has 2 aromatic rings. The maximum Gasteiger partial charge on any atom is 0.306 e. The normalized spacial score (nSPS) is 12.4. The molecule has 0 aliphatic rings. The number of hydrogen-bond donors (Lipinski definition) is 1. The van der Waals surface area contributed by atoms with Crippen LogP contribution in [0, 0.1) is 5.92 Å². The maximum atomic E-state index is 11.0. The summed E-state index contributed by atoms with van der Waals surface area (Å²) >= 11 is 3.44. The number of benzene rings is 2. The minimum absolute atomic E-state index is 0.442. The van der Waals surface area contributed by atoms with Crippen molar-refractivity contribution in [3.63, 3.8) is 0 Å². The lowest BCUT2D eigenvalue weighted by Crippen LogP contribution is -2.13. The van der Waals surface area contributed by atoms with E-state index in [4.69, 9.17) is 9.84 Å². The predicted molar refractivity (Wildman–Crippen MR) is 78.7 cm³/mol. The van der Waals surface area contributed by atoms with Crippen LogP contribution in [0.15, 0.2) is 34.8 Å². The van der Waals surface area contributed by atoms with Gasteiger partial charge in [-0.05, 0) is 35.4 Å². The molecule has 0 spiro atoms. The van der Waals surface area contributed by atoms with E-state index >= 15 is 0 Å². The van der Waals surface area contributed by atoms with E-state index in [0.717, 1.165) is 26.6 Å². The van der Waals surface area contributed by atoms with Crippen molar-refractivity contribution in [2.75, 3.05) is 7.11 Å². The molecule has 2 rings (SSSR count). The Bertz CT molecular complexity index is 622. The van der Waals surface area contributed by atoms with Gasteiger partial charge in [-0.3, -0.25) is 4.79 Å². The van der Waals surface area contributed by atoms with Crippen LogP contribution in [0.3, 0.4) is 0 Å². The van der Waals surface area contributed by atoms with Crippen LogP contribution in [0.25, 0.3) is 10.8 Å². The van der Waals surface area contributed by atoms with Gasteiger partial charge in [0.05, 0.1) is 13.0 Å². The lowest BCUT2D eigenvalue weighted by Gasteiger charge is -2.14. The quantitative estimate of drug-likeness (QED) is 0.929. The van der Waals surface area contributed by atoms with Gasteiger partial charge in [-0.25, -0.2) is 0 Å². The summed E-state index contributed by atoms with van der Waals surface area (Å²) in [7, 11) is 1.61. The zero-order valence-electron chi connectivity index (χ0n) is 10.8. The van der Waals surface area contributed by atoms with E-state index in [1.807, 2.05) is 30.3 Å². The molecule has 19 heavy (non-hydrogen) atoms. The zero-order valence-corrected chi connectivity index (χ0v) is 12.4. The Labute approximate surface area is 120 Å². The second kappa shape index (κ2) is 5.61. The summed E-state index contributed by atoms with van der Waals surface area (Å²) in [6, 6.07) is 9.83. The molecule has 0 saturated carbocycles. The third kappa shape index (κ3) is 2.89. The van der Waals surface area contributed by atoms with E-state index in [2.05, 4.69) is 15.9 Å². The van der Waals surface area contributed by atoms with Gasteiger partial charge < -0.3 is 9.84 Å². The zero-order chi connectivity index (χ0) is 14.0. The monoisotopic (exact) mass is 322 g/mol. The van der Waals surface area contributed by atoms with Crippen LogP contribution in [0.1, 0.15) is 12.5 Å². The van der Waals surface area contributed by atoms with Gasteiger partial charge in [0.2, 0.25) is 0 Å². The first-order valence-electron chi connectivity index (χ1n) is 6.01. The number of halogens is 1. The highest BCUT2D eigenvalue weighted by Gasteiger charge is 2.17. The number of rotatable bonds is 4. The van der Waals surface area contributed by atoms with Gasteiger partial charge in [0.25, 0.3) is 0 Å². The molecule has 0 radical (unpaired) electrons. The van der Waals surface area contributed by atoms with Gasteiger partial charge in [0.1, 0.15) is 5.75 Å². The predicted octanol–water partition coefficient (Wildman–Crippen LogP) is 3.87. The molecule has 0 fully saturated rings. The third-order valence-electron chi connectivity index (χ3n) is 3.20. The van der Waals surface area contributed by atoms with E-state index < -0.39 is 11.9 Å². The van der Waals surface area contributed by atoms with Crippen molar-refractivity contribution in [3.8, 4) is 5.75 Å². The molecule has 4 heteroatoms. The summed E-state index contributed by atoms with van der Waals surface area (Å²) in [5.41, 5.74) is 0.947. The number of hydrogen-bond acceptors (Lipinski definition) is 2. The SMILES string of the molecule is COc1ccc2cc(Br)ccc2c1CC(C)C(=O)O. The van der Waals surface area contributed by atoms with Crippen molar-refractivity contribution in [3.05, 3.63) is 40.4 Å². The summed E-state index contributed by atoms with van der Waals surface area (Å²) in [6.45, 7) is 1.71. The number of carbonyl (C=O) groups is 1. The van der Waals surface area contributed by atoms with E-state index in [0.29, 0.717) is 6.42 Å². The average Bonchev–Trinajstić information content (AvgIpc) is 2.38. The first-order valence-corrected chi connectivity index (χ1v) is 6.80. The molecule has 1 unspecified atom stereocenters. The summed E-state index contributed by atoms with van der Waals surface area (Å²) in [5.74, 6) is -0.498. The van der Waals surface area contributed by atoms with Crippen LogP contribution < -0.4 is 4.74 Å². The van der Waals surface area contributed by atoms with Crippen LogP contribution in [-0.2, 0) is 11.2 Å². The Hall–Kier alpha value is -1.55. The Morgan fingerprint density at radius 1 is 1.37 bits per heavy atom. The third-order valence-corrected chi connectivity index (χ3v) is 3.70. The Morgan fingerprint density at radius 2 is 2.11 bits per heavy atom. The molecule has 0 bridgehead atoms. The molecule has 2 aromatic carbocycles. The molecule has 1 N–H and O–H groups in total. The number of carboxylic acids is 1. The first-order chi connectivity index (χ1) is 9.02. The summed E-state index contributed by atoms with van der Waals surface area (Å²) in [4.78, 5) is 11.0. The van der Waals surface area contributed by atoms with E-state index in [1.54, 1.807) is 14.0 Å². The highest BCUT2D eigenvalue weighted by Crippen LogP contribution is 2.31. The highest BCUT2D eigenvalue weighted by molar-refractivity contribution is 9.10. The molecular weight excluding hydrogens is 308 g/mol. The van der Waals surface area contributed by atoms with Crippen molar-refractivity contribution in [1.82, 2.24) is 0 Å². The highest BCUT2D eigenvalue weighted by atomic mass is 79.9. The van der Waals surface area contributed by atoms with Gasteiger partial charge in [-0.1, -0.05) is 35.0 Å². The van der Waals surface area contributed by atoms with Gasteiger partial charge in [-0.15, -0.1) is 0 Å². The van der Waals surface area contributed by atoms with E-state index in [1.165, 1.54) is 0 Å². The largest absolute Gasteiger partial charge is 0.496 e. The molecule has 0 aromatic heterocycles. The first kappa shape index (κ1) is 13.9. The number of fused-ring (bicyclic) bond motifs is 1. The number of carboxylic acid groups (broad SMARTS) is 1. The lowest BCUT2D eigenvalue weighted by atomic mass is 9.95. The van der Waals surface area contributed by atoms with E-state index in [9.17, 15) is 4.79 Å². The number of aliphatic carboxylic acids is 1. The molecule has 0 saturated heterocycles. The standard InChI is InChI=1S/C15H15BrO3/c1-9(15(17)18)7-13-12-5-4-11(16)8-10(12)3-6-14(13)19-2/h3-6,8-9H,7H2,1-2H3,(H,17,18). The van der Waals surface area contributed by atoms with Crippen molar-refractivity contribution in [1.29, 1.82) is 0 Å². The lowest BCUT2D eigenvalue weighted by molar-refractivity contribution is -0.141. The second-order valence-corrected chi connectivity index (χ2v) is 5.47. The summed E-state index contributed by atoms with van der Waals surface area (Å²) in [6.07, 6.45) is 0.456. The Balaban J connectivity index is 2.57. The fourth-order valence-electron chi connectivity index (χ4n) is 2.14. The number of methoxy groups -OCH3 is 1. The minimum atomic E-state index is -0.795. The smallest absolute Gasteiger partial charge is 0.306 e. The van der Waals surface area contributed by atoms with Crippen molar-refractivity contribution < 1.29 is 14.6 Å². The van der Waals surface area contributed by atoms with Crippen molar-refractivity contribution in [2.45, 2.75) is 13.3 Å². The summed E-state index contributed by atoms with van der Waals surface area (Å²) < 4.78 is 6.36. The second-order valence-electron chi connectivity index (χ2n) is 4.56. The topological polar surface area (TPSA) is 46.5 Å². The Morgan fingerprint density at radius 3 is 2.74 bits per heavy atom. The fraction of sp³-hybridized carbons (Fsp3) is 0.267. The number of ether oxygens (including phenoxy) is 1. The van der Waals surface area contributed by atoms with Crippen LogP contribution in [-0.4, -0.2) is 18.2 Å². The molecular formula is C15H15BrO3. The average molecular weight is 323 g/mol. The fourth-order valence-corrected chi connectivity index (χ4v) is 2.52. The van der Waals surface area contributed by atoms with Gasteiger partial charge in [-0.2, -0.15) is 0 Å². The molecule has 0 heterocycles. The molecule has 1 atom stereocenters. The minimum Gasteiger partial charge on any atom is -0.496 e. The van der Waals surface area contributed by atoms with Crippen LogP contribution >= 0.6 is 15.9 Å². The van der Waals surface area contributed by atoms with Gasteiger partial charge in [0, 0.05) is 10.0 Å². The van der Waals surface area contributed by atoms with Gasteiger partial charge >= 0.3 is 5.97 Å². The molecule has 3 nitrogen and oxygen atoms in total. The van der Waals surface area contributed by atoms with Crippen LogP contribution in [0.2, 0.25) is 0 Å². The molecule has 0 aliphatic heterocycles.